The first-order valence-corrected chi connectivity index (χ1v) is 12.4. The maximum atomic E-state index is 12.9. The van der Waals surface area contributed by atoms with Crippen LogP contribution >= 0.6 is 0 Å². The molecule has 1 fully saturated rings. The third-order valence-electron chi connectivity index (χ3n) is 5.87. The summed E-state index contributed by atoms with van der Waals surface area (Å²) in [5.41, 5.74) is 1.38. The third-order valence-corrected chi connectivity index (χ3v) is 7.37. The van der Waals surface area contributed by atoms with Crippen LogP contribution in [0.4, 0.5) is 24.5 Å². The van der Waals surface area contributed by atoms with Gasteiger partial charge < -0.3 is 24.2 Å². The third kappa shape index (κ3) is 4.85. The number of hydrogen-bond donors (Lipinski definition) is 2. The number of alkyl halides is 3. The molecular formula is C24H21F3N2O6S. The number of fused-ring (bicyclic) bond motifs is 2. The number of aliphatic hydroxyl groups excluding tert-OH is 1. The van der Waals surface area contributed by atoms with Crippen LogP contribution in [0.25, 0.3) is 0 Å². The molecule has 3 aromatic carbocycles. The Hall–Kier alpha value is -3.32. The summed E-state index contributed by atoms with van der Waals surface area (Å²) in [6.45, 7) is 0.0192. The summed E-state index contributed by atoms with van der Waals surface area (Å²) < 4.78 is 81.0. The molecule has 3 atom stereocenters. The van der Waals surface area contributed by atoms with E-state index in [9.17, 15) is 26.7 Å². The zero-order valence-corrected chi connectivity index (χ0v) is 19.4. The van der Waals surface area contributed by atoms with Gasteiger partial charge in [-0.25, -0.2) is 13.1 Å². The summed E-state index contributed by atoms with van der Waals surface area (Å²) in [5, 5.41) is 11.3. The van der Waals surface area contributed by atoms with E-state index in [1.807, 2.05) is 41.3 Å². The molecule has 12 heteroatoms. The second-order valence-electron chi connectivity index (χ2n) is 8.25. The molecule has 0 bridgehead atoms. The topological polar surface area (TPSA) is 97.3 Å². The molecule has 0 radical (unpaired) electrons. The lowest BCUT2D eigenvalue weighted by Crippen LogP contribution is -2.60. The molecule has 5 rings (SSSR count). The number of aliphatic hydroxyl groups is 1. The largest absolute Gasteiger partial charge is 0.573 e. The molecule has 8 nitrogen and oxygen atoms in total. The summed E-state index contributed by atoms with van der Waals surface area (Å²) in [5.74, 6) is 0.603. The van der Waals surface area contributed by atoms with Crippen molar-refractivity contribution in [2.45, 2.75) is 29.4 Å². The van der Waals surface area contributed by atoms with E-state index in [1.54, 1.807) is 12.1 Å². The van der Waals surface area contributed by atoms with Crippen molar-refractivity contribution >= 4 is 21.4 Å². The highest BCUT2D eigenvalue weighted by Crippen LogP contribution is 2.48. The van der Waals surface area contributed by atoms with Gasteiger partial charge in [-0.2, -0.15) is 0 Å². The number of anilines is 2. The van der Waals surface area contributed by atoms with E-state index in [1.165, 1.54) is 0 Å². The molecule has 0 aromatic heterocycles. The van der Waals surface area contributed by atoms with Crippen LogP contribution in [0.3, 0.4) is 0 Å². The summed E-state index contributed by atoms with van der Waals surface area (Å²) in [6, 6.07) is 16.6. The normalized spacial score (nSPS) is 21.8. The zero-order chi connectivity index (χ0) is 25.5. The van der Waals surface area contributed by atoms with E-state index >= 15 is 0 Å². The van der Waals surface area contributed by atoms with Gasteiger partial charge in [0, 0.05) is 0 Å². The van der Waals surface area contributed by atoms with Crippen LogP contribution in [-0.2, 0) is 14.8 Å². The number of para-hydroxylation sites is 4. The monoisotopic (exact) mass is 522 g/mol. The highest BCUT2D eigenvalue weighted by molar-refractivity contribution is 7.89. The van der Waals surface area contributed by atoms with Crippen molar-refractivity contribution in [3.8, 4) is 17.2 Å². The summed E-state index contributed by atoms with van der Waals surface area (Å²) >= 11 is 0. The minimum atomic E-state index is -4.89. The lowest BCUT2D eigenvalue weighted by molar-refractivity contribution is -0.274. The molecule has 3 aromatic rings. The Morgan fingerprint density at radius 3 is 2.08 bits per heavy atom. The number of rotatable bonds is 5. The zero-order valence-electron chi connectivity index (χ0n) is 18.6. The first-order chi connectivity index (χ1) is 17.1. The lowest BCUT2D eigenvalue weighted by atomic mass is 9.98. The van der Waals surface area contributed by atoms with Crippen molar-refractivity contribution < 1.29 is 40.9 Å². The van der Waals surface area contributed by atoms with E-state index in [0.29, 0.717) is 22.9 Å². The lowest BCUT2D eigenvalue weighted by Gasteiger charge is -2.44. The molecule has 2 heterocycles. The Kier molecular flexibility index (Phi) is 6.29. The molecule has 2 N–H and O–H groups in total. The van der Waals surface area contributed by atoms with Crippen molar-refractivity contribution in [3.05, 3.63) is 72.8 Å². The molecule has 1 saturated heterocycles. The van der Waals surface area contributed by atoms with Crippen molar-refractivity contribution in [3.63, 3.8) is 0 Å². The van der Waals surface area contributed by atoms with Gasteiger partial charge in [-0.15, -0.1) is 13.2 Å². The Morgan fingerprint density at radius 1 is 0.917 bits per heavy atom. The van der Waals surface area contributed by atoms with Crippen molar-refractivity contribution in [2.24, 2.45) is 0 Å². The van der Waals surface area contributed by atoms with Gasteiger partial charge in [0.15, 0.2) is 11.5 Å². The van der Waals surface area contributed by atoms with Gasteiger partial charge in [0.25, 0.3) is 0 Å². The quantitative estimate of drug-likeness (QED) is 0.524. The van der Waals surface area contributed by atoms with Gasteiger partial charge in [0.05, 0.1) is 47.7 Å². The van der Waals surface area contributed by atoms with Crippen molar-refractivity contribution in [1.29, 1.82) is 0 Å². The second-order valence-corrected chi connectivity index (χ2v) is 9.96. The van der Waals surface area contributed by atoms with E-state index in [0.717, 1.165) is 24.3 Å². The Balaban J connectivity index is 1.39. The highest BCUT2D eigenvalue weighted by Gasteiger charge is 2.42. The average Bonchev–Trinajstić information content (AvgIpc) is 2.83. The van der Waals surface area contributed by atoms with Crippen molar-refractivity contribution in [1.82, 2.24) is 4.72 Å². The Morgan fingerprint density at radius 2 is 1.50 bits per heavy atom. The number of halogens is 3. The van der Waals surface area contributed by atoms with Crippen LogP contribution in [0.1, 0.15) is 0 Å². The van der Waals surface area contributed by atoms with Crippen LogP contribution < -0.4 is 19.1 Å². The summed E-state index contributed by atoms with van der Waals surface area (Å²) in [4.78, 5) is 1.58. The van der Waals surface area contributed by atoms with Crippen LogP contribution in [0.2, 0.25) is 0 Å². The average molecular weight is 523 g/mol. The molecule has 0 saturated carbocycles. The summed E-state index contributed by atoms with van der Waals surface area (Å²) in [7, 11) is -4.20. The maximum Gasteiger partial charge on any atom is 0.573 e. The predicted octanol–water partition coefficient (Wildman–Crippen LogP) is 3.94. The maximum absolute atomic E-state index is 12.9. The van der Waals surface area contributed by atoms with Crippen molar-refractivity contribution in [2.75, 3.05) is 18.1 Å². The van der Waals surface area contributed by atoms with Gasteiger partial charge >= 0.3 is 6.36 Å². The first kappa shape index (κ1) is 24.4. The molecule has 190 valence electrons. The number of nitrogens with zero attached hydrogens (tertiary/aromatic N) is 1. The molecular weight excluding hydrogens is 501 g/mol. The number of ether oxygens (including phenoxy) is 3. The van der Waals surface area contributed by atoms with Crippen LogP contribution in [-0.4, -0.2) is 51.3 Å². The minimum Gasteiger partial charge on any atom is -0.453 e. The second kappa shape index (κ2) is 9.28. The molecule has 0 spiro atoms. The molecule has 2 aliphatic heterocycles. The Labute approximate surface area is 204 Å². The van der Waals surface area contributed by atoms with Gasteiger partial charge in [-0.1, -0.05) is 24.3 Å². The minimum absolute atomic E-state index is 0.0974. The van der Waals surface area contributed by atoms with Crippen LogP contribution in [0.15, 0.2) is 77.7 Å². The van der Waals surface area contributed by atoms with Gasteiger partial charge in [0.1, 0.15) is 5.75 Å². The molecule has 1 unspecified atom stereocenters. The number of sulfonamides is 1. The van der Waals surface area contributed by atoms with Gasteiger partial charge in [-0.3, -0.25) is 0 Å². The molecule has 36 heavy (non-hydrogen) atoms. The summed E-state index contributed by atoms with van der Waals surface area (Å²) in [6.07, 6.45) is -6.09. The predicted molar refractivity (Wildman–Crippen MR) is 123 cm³/mol. The molecule has 0 amide bonds. The molecule has 2 aliphatic rings. The fourth-order valence-electron chi connectivity index (χ4n) is 4.29. The first-order valence-electron chi connectivity index (χ1n) is 10.9. The molecule has 0 aliphatic carbocycles. The van der Waals surface area contributed by atoms with E-state index < -0.39 is 40.3 Å². The Bertz CT molecular complexity index is 1300. The van der Waals surface area contributed by atoms with Crippen LogP contribution in [0.5, 0.6) is 17.2 Å². The van der Waals surface area contributed by atoms with E-state index in [4.69, 9.17) is 9.47 Å². The van der Waals surface area contributed by atoms with E-state index in [2.05, 4.69) is 9.46 Å². The standard InChI is InChI=1S/C24H21F3N2O6S/c25-24(26,27)35-15-9-11-16(12-10-15)36(31,32)28-17-13-33-14-20(23(17)30)29-18-5-1-3-7-21(18)34-22-8-4-2-6-19(22)29/h1-12,17,20,23,28,30H,13-14H2/t17-,20?,23+/m1/s1. The van der Waals surface area contributed by atoms with Crippen LogP contribution in [0, 0.1) is 0 Å². The fraction of sp³-hybridized carbons (Fsp3) is 0.250. The number of nitrogens with one attached hydrogen (secondary N) is 1. The smallest absolute Gasteiger partial charge is 0.453 e. The number of hydrogen-bond acceptors (Lipinski definition) is 7. The fourth-order valence-corrected chi connectivity index (χ4v) is 5.53. The van der Waals surface area contributed by atoms with E-state index in [-0.39, 0.29) is 18.1 Å². The van der Waals surface area contributed by atoms with Gasteiger partial charge in [-0.05, 0) is 48.5 Å². The van der Waals surface area contributed by atoms with Gasteiger partial charge in [0.2, 0.25) is 10.0 Å². The SMILES string of the molecule is O=S(=O)(N[C@@H]1COCC(N2c3ccccc3Oc3ccccc32)[C@H]1O)c1ccc(OC(F)(F)F)cc1. The highest BCUT2D eigenvalue weighted by atomic mass is 32.2. The number of benzene rings is 3.